The smallest absolute Gasteiger partial charge is 0.381 e. The molecule has 0 aromatic carbocycles. The molecule has 0 aliphatic rings. The molecule has 0 amide bonds. The Morgan fingerprint density at radius 2 is 1.94 bits per heavy atom. The first-order valence-electron chi connectivity index (χ1n) is 8.93. The third-order valence-electron chi connectivity index (χ3n) is 1.37. The highest BCUT2D eigenvalue weighted by atomic mass is 35.5. The van der Waals surface area contributed by atoms with Gasteiger partial charge in [0.05, 0.1) is 23.6 Å². The second-order valence-electron chi connectivity index (χ2n) is 2.47. The molecule has 1 aromatic heterocycles. The highest BCUT2D eigenvalue weighted by molar-refractivity contribution is 8.07. The Bertz CT molecular complexity index is 758. The van der Waals surface area contributed by atoms with Gasteiger partial charge in [-0.1, -0.05) is 34.8 Å². The van der Waals surface area contributed by atoms with Crippen molar-refractivity contribution in [1.29, 1.82) is 0 Å². The minimum atomic E-state index is -4.82. The van der Waals surface area contributed by atoms with Gasteiger partial charge in [-0.15, -0.1) is 0 Å². The van der Waals surface area contributed by atoms with Crippen LogP contribution in [-0.4, -0.2) is 18.1 Å². The molecule has 0 aliphatic carbocycles. The van der Waals surface area contributed by atoms with Crippen molar-refractivity contribution in [1.82, 2.24) is 4.98 Å². The van der Waals surface area contributed by atoms with E-state index in [9.17, 15) is 0 Å². The van der Waals surface area contributed by atoms with Gasteiger partial charge in [0.15, 0.2) is 5.15 Å². The monoisotopic (exact) mass is 359 g/mol. The SMILES string of the molecule is [2H]C([2H])([2H])C([2H])([2H])OP(=S)(Oc1nc(Cl)c(Cl)cc1Cl)OC([2H])([2H])C([2H])([2H])[2H]. The molecular formula is C9H11Cl3NO3PS. The lowest BCUT2D eigenvalue weighted by atomic mass is 10.5. The van der Waals surface area contributed by atoms with E-state index >= 15 is 0 Å². The summed E-state index contributed by atoms with van der Waals surface area (Å²) >= 11 is 22.1. The summed E-state index contributed by atoms with van der Waals surface area (Å²) in [5.41, 5.74) is 0. The Labute approximate surface area is 140 Å². The molecule has 0 fully saturated rings. The quantitative estimate of drug-likeness (QED) is 0.542. The summed E-state index contributed by atoms with van der Waals surface area (Å²) in [5, 5.41) is -0.801. The van der Waals surface area contributed by atoms with Crippen LogP contribution < -0.4 is 4.52 Å². The molecule has 1 rings (SSSR count). The molecule has 0 atom stereocenters. The van der Waals surface area contributed by atoms with Crippen molar-refractivity contribution in [3.05, 3.63) is 21.3 Å². The lowest BCUT2D eigenvalue weighted by molar-refractivity contribution is 0.216. The van der Waals surface area contributed by atoms with E-state index in [4.69, 9.17) is 64.8 Å². The van der Waals surface area contributed by atoms with E-state index in [1.165, 1.54) is 0 Å². The maximum Gasteiger partial charge on any atom is 0.381 e. The Balaban J connectivity index is 3.44. The van der Waals surface area contributed by atoms with Crippen LogP contribution >= 0.6 is 41.5 Å². The molecule has 1 aromatic rings. The van der Waals surface area contributed by atoms with Crippen LogP contribution in [-0.2, 0) is 20.9 Å². The second-order valence-corrected chi connectivity index (χ2v) is 6.43. The van der Waals surface area contributed by atoms with Gasteiger partial charge >= 0.3 is 6.72 Å². The molecule has 0 unspecified atom stereocenters. The molecule has 0 radical (unpaired) electrons. The largest absolute Gasteiger partial charge is 0.404 e. The molecule has 0 bridgehead atoms. The number of nitrogens with zero attached hydrogens (tertiary/aromatic N) is 1. The fourth-order valence-corrected chi connectivity index (χ4v) is 2.47. The van der Waals surface area contributed by atoms with Gasteiger partial charge in [-0.3, -0.25) is 9.05 Å². The van der Waals surface area contributed by atoms with Crippen LogP contribution in [0.15, 0.2) is 6.07 Å². The molecular weight excluding hydrogens is 340 g/mol. The topological polar surface area (TPSA) is 40.6 Å². The predicted octanol–water partition coefficient (Wildman–Crippen LogP) is 4.72. The van der Waals surface area contributed by atoms with Gasteiger partial charge < -0.3 is 4.52 Å². The third kappa shape index (κ3) is 4.49. The number of hydrogen-bond acceptors (Lipinski definition) is 5. The van der Waals surface area contributed by atoms with Crippen LogP contribution in [0.4, 0.5) is 0 Å². The van der Waals surface area contributed by atoms with Gasteiger partial charge in [0.1, 0.15) is 5.02 Å². The molecule has 0 aliphatic heterocycles. The molecule has 9 heteroatoms. The number of pyridine rings is 1. The van der Waals surface area contributed by atoms with Crippen molar-refractivity contribution in [2.45, 2.75) is 13.7 Å². The highest BCUT2D eigenvalue weighted by Crippen LogP contribution is 2.51. The first kappa shape index (κ1) is 6.90. The van der Waals surface area contributed by atoms with Crippen molar-refractivity contribution in [3.63, 3.8) is 0 Å². The lowest BCUT2D eigenvalue weighted by Gasteiger charge is -2.20. The number of halogens is 3. The van der Waals surface area contributed by atoms with Crippen LogP contribution in [0.5, 0.6) is 5.88 Å². The maximum atomic E-state index is 7.51. The van der Waals surface area contributed by atoms with E-state index in [1.54, 1.807) is 0 Å². The van der Waals surface area contributed by atoms with Gasteiger partial charge in [0.2, 0.25) is 5.88 Å². The zero-order valence-electron chi connectivity index (χ0n) is 18.2. The van der Waals surface area contributed by atoms with Crippen molar-refractivity contribution < 1.29 is 27.3 Å². The van der Waals surface area contributed by atoms with Gasteiger partial charge in [0.25, 0.3) is 0 Å². The predicted molar refractivity (Wildman–Crippen MR) is 77.4 cm³/mol. The summed E-state index contributed by atoms with van der Waals surface area (Å²) < 4.78 is 87.3. The minimum Gasteiger partial charge on any atom is -0.404 e. The Kier molecular flexibility index (Phi) is 2.78. The zero-order valence-corrected chi connectivity index (χ0v) is 12.2. The van der Waals surface area contributed by atoms with E-state index in [2.05, 4.69) is 14.0 Å². The average Bonchev–Trinajstić information content (AvgIpc) is 2.40. The lowest BCUT2D eigenvalue weighted by Crippen LogP contribution is -2.03. The standard InChI is InChI=1S/C9H11Cl3NO3PS/c1-3-14-17(18,15-4-2)16-9-7(11)5-6(10)8(12)13-9/h5H,3-4H2,1-2H3/i1D3,2D3,3D2,4D2. The number of hydrogen-bond donors (Lipinski definition) is 0. The first-order valence-corrected chi connectivity index (χ1v) is 7.62. The molecule has 0 spiro atoms. The summed E-state index contributed by atoms with van der Waals surface area (Å²) in [5.74, 6) is -0.665. The zero-order chi connectivity index (χ0) is 22.3. The number of rotatable bonds is 6. The maximum absolute atomic E-state index is 7.51. The van der Waals surface area contributed by atoms with Crippen molar-refractivity contribution in [3.8, 4) is 5.88 Å². The fourth-order valence-electron chi connectivity index (χ4n) is 0.766. The number of aromatic nitrogens is 1. The molecule has 0 saturated carbocycles. The van der Waals surface area contributed by atoms with Crippen LogP contribution in [0, 0.1) is 0 Å². The summed E-state index contributed by atoms with van der Waals surface area (Å²) in [6.45, 7) is -18.7. The van der Waals surface area contributed by atoms with Crippen LogP contribution in [0.3, 0.4) is 0 Å². The first-order chi connectivity index (χ1) is 12.2. The summed E-state index contributed by atoms with van der Waals surface area (Å²) in [6.07, 6.45) is 0. The molecule has 4 nitrogen and oxygen atoms in total. The van der Waals surface area contributed by atoms with Gasteiger partial charge in [0, 0.05) is 20.0 Å². The van der Waals surface area contributed by atoms with Crippen LogP contribution in [0.2, 0.25) is 15.2 Å². The van der Waals surface area contributed by atoms with E-state index < -0.39 is 39.4 Å². The van der Waals surface area contributed by atoms with Crippen molar-refractivity contribution in [2.75, 3.05) is 13.1 Å². The molecule has 1 heterocycles. The van der Waals surface area contributed by atoms with Crippen LogP contribution in [0.1, 0.15) is 27.4 Å². The summed E-state index contributed by atoms with van der Waals surface area (Å²) in [7, 11) is 0. The van der Waals surface area contributed by atoms with Gasteiger partial charge in [-0.05, 0) is 19.8 Å². The van der Waals surface area contributed by atoms with E-state index in [1.807, 2.05) is 0 Å². The average molecular weight is 361 g/mol. The van der Waals surface area contributed by atoms with E-state index in [-0.39, 0.29) is 15.2 Å². The normalized spacial score (nSPS) is 22.8. The highest BCUT2D eigenvalue weighted by Gasteiger charge is 2.24. The third-order valence-corrected chi connectivity index (χ3v) is 4.01. The Morgan fingerprint density at radius 3 is 2.50 bits per heavy atom. The molecule has 18 heavy (non-hydrogen) atoms. The second kappa shape index (κ2) is 7.25. The van der Waals surface area contributed by atoms with Crippen LogP contribution in [0.25, 0.3) is 0 Å². The van der Waals surface area contributed by atoms with Crippen molar-refractivity contribution >= 4 is 53.3 Å². The fraction of sp³-hybridized carbons (Fsp3) is 0.444. The summed E-state index contributed by atoms with van der Waals surface area (Å²) in [4.78, 5) is 3.60. The van der Waals surface area contributed by atoms with E-state index in [0.717, 1.165) is 6.07 Å². The van der Waals surface area contributed by atoms with Crippen molar-refractivity contribution in [2.24, 2.45) is 0 Å². The van der Waals surface area contributed by atoms with Gasteiger partial charge in [-0.25, -0.2) is 0 Å². The molecule has 0 N–H and O–H groups in total. The molecule has 0 saturated heterocycles. The summed E-state index contributed by atoms with van der Waals surface area (Å²) in [6, 6.07) is 1.05. The molecule has 102 valence electrons. The Morgan fingerprint density at radius 1 is 1.33 bits per heavy atom. The van der Waals surface area contributed by atoms with Gasteiger partial charge in [-0.2, -0.15) is 4.98 Å². The van der Waals surface area contributed by atoms with E-state index in [0.29, 0.717) is 0 Å². The Hall–Kier alpha value is 0.390. The minimum absolute atomic E-state index is 0.107.